The smallest absolute Gasteiger partial charge is 0.261 e. The molecule has 1 saturated heterocycles. The average Bonchev–Trinajstić information content (AvgIpc) is 3.29. The molecule has 6 nitrogen and oxygen atoms in total. The Morgan fingerprint density at radius 2 is 2.04 bits per heavy atom. The van der Waals surface area contributed by atoms with Gasteiger partial charge in [0.1, 0.15) is 4.21 Å². The molecule has 0 bridgehead atoms. The first-order chi connectivity index (χ1) is 12.0. The molecule has 0 radical (unpaired) electrons. The number of nitrogens with zero attached hydrogens (tertiary/aromatic N) is 1. The van der Waals surface area contributed by atoms with E-state index in [4.69, 9.17) is 4.74 Å². The first kappa shape index (κ1) is 18.5. The zero-order chi connectivity index (χ0) is 17.9. The van der Waals surface area contributed by atoms with Crippen LogP contribution in [0.2, 0.25) is 0 Å². The molecule has 0 atom stereocenters. The van der Waals surface area contributed by atoms with Crippen LogP contribution in [0.1, 0.15) is 27.0 Å². The van der Waals surface area contributed by atoms with E-state index in [9.17, 15) is 13.2 Å². The summed E-state index contributed by atoms with van der Waals surface area (Å²) in [5.41, 5.74) is 1.03. The third kappa shape index (κ3) is 4.12. The molecule has 1 fully saturated rings. The monoisotopic (exact) mass is 400 g/mol. The summed E-state index contributed by atoms with van der Waals surface area (Å²) in [5, 5.41) is 4.78. The number of ether oxygens (including phenoxy) is 1. The van der Waals surface area contributed by atoms with Gasteiger partial charge in [-0.15, -0.1) is 22.7 Å². The van der Waals surface area contributed by atoms with Crippen molar-refractivity contribution < 1.29 is 17.9 Å². The molecule has 9 heteroatoms. The van der Waals surface area contributed by atoms with Gasteiger partial charge in [0.25, 0.3) is 15.9 Å². The van der Waals surface area contributed by atoms with Crippen LogP contribution in [0.4, 0.5) is 0 Å². The number of amides is 1. The number of thiophene rings is 2. The van der Waals surface area contributed by atoms with Crippen LogP contribution in [-0.4, -0.2) is 44.9 Å². The molecule has 136 valence electrons. The van der Waals surface area contributed by atoms with Gasteiger partial charge in [-0.2, -0.15) is 4.31 Å². The van der Waals surface area contributed by atoms with Gasteiger partial charge in [-0.05, 0) is 35.6 Å². The molecule has 3 heterocycles. The van der Waals surface area contributed by atoms with E-state index >= 15 is 0 Å². The lowest BCUT2D eigenvalue weighted by Crippen LogP contribution is -2.40. The van der Waals surface area contributed by atoms with Gasteiger partial charge in [-0.25, -0.2) is 8.42 Å². The van der Waals surface area contributed by atoms with Crippen LogP contribution in [0.5, 0.6) is 0 Å². The number of nitrogens with one attached hydrogen (secondary N) is 1. The lowest BCUT2D eigenvalue weighted by Gasteiger charge is -2.25. The van der Waals surface area contributed by atoms with Gasteiger partial charge >= 0.3 is 0 Å². The molecule has 1 aliphatic rings. The Morgan fingerprint density at radius 1 is 1.28 bits per heavy atom. The lowest BCUT2D eigenvalue weighted by molar-refractivity contribution is 0.0731. The molecular weight excluding hydrogens is 380 g/mol. The molecule has 1 amide bonds. The summed E-state index contributed by atoms with van der Waals surface area (Å²) < 4.78 is 32.2. The first-order valence-electron chi connectivity index (χ1n) is 8.03. The highest BCUT2D eigenvalue weighted by Gasteiger charge is 2.27. The minimum absolute atomic E-state index is 0.113. The summed E-state index contributed by atoms with van der Waals surface area (Å²) in [7, 11) is -3.47. The second-order valence-electron chi connectivity index (χ2n) is 5.55. The van der Waals surface area contributed by atoms with E-state index in [2.05, 4.69) is 5.32 Å². The number of carbonyl (C=O) groups excluding carboxylic acids is 1. The van der Waals surface area contributed by atoms with Crippen molar-refractivity contribution in [1.82, 2.24) is 9.62 Å². The number of aryl methyl sites for hydroxylation is 1. The largest absolute Gasteiger partial charge is 0.379 e. The minimum atomic E-state index is -3.47. The average molecular weight is 401 g/mol. The Labute approximate surface area is 155 Å². The minimum Gasteiger partial charge on any atom is -0.379 e. The summed E-state index contributed by atoms with van der Waals surface area (Å²) in [6.45, 7) is 3.95. The van der Waals surface area contributed by atoms with E-state index in [0.29, 0.717) is 37.1 Å². The first-order valence-corrected chi connectivity index (χ1v) is 11.2. The van der Waals surface area contributed by atoms with Crippen molar-refractivity contribution in [3.05, 3.63) is 38.9 Å². The van der Waals surface area contributed by atoms with Crippen LogP contribution in [0.3, 0.4) is 0 Å². The zero-order valence-corrected chi connectivity index (χ0v) is 16.3. The van der Waals surface area contributed by atoms with Gasteiger partial charge in [0.15, 0.2) is 0 Å². The fraction of sp³-hybridized carbons (Fsp3) is 0.438. The van der Waals surface area contributed by atoms with Gasteiger partial charge in [0.05, 0.1) is 24.6 Å². The number of sulfonamides is 1. The molecule has 0 saturated carbocycles. The van der Waals surface area contributed by atoms with Crippen molar-refractivity contribution in [3.8, 4) is 0 Å². The number of hydrogen-bond acceptors (Lipinski definition) is 6. The second-order valence-corrected chi connectivity index (χ2v) is 9.80. The molecule has 2 aromatic heterocycles. The maximum absolute atomic E-state index is 12.6. The van der Waals surface area contributed by atoms with E-state index < -0.39 is 10.0 Å². The van der Waals surface area contributed by atoms with Crippen LogP contribution < -0.4 is 5.32 Å². The lowest BCUT2D eigenvalue weighted by atomic mass is 10.2. The van der Waals surface area contributed by atoms with Gasteiger partial charge in [0, 0.05) is 18.0 Å². The van der Waals surface area contributed by atoms with E-state index in [0.717, 1.165) is 21.7 Å². The fourth-order valence-electron chi connectivity index (χ4n) is 2.57. The zero-order valence-electron chi connectivity index (χ0n) is 13.9. The molecule has 0 unspecified atom stereocenters. The molecule has 2 aromatic rings. The Morgan fingerprint density at radius 3 is 2.76 bits per heavy atom. The number of carbonyl (C=O) groups is 1. The van der Waals surface area contributed by atoms with E-state index in [1.165, 1.54) is 27.0 Å². The standard InChI is InChI=1S/C16H20N2O4S3/c1-2-12-5-10-23-15(12)16(19)17-11-13-3-4-14(24-13)25(20,21)18-6-8-22-9-7-18/h3-5,10H,2,6-9,11H2,1H3,(H,17,19). The van der Waals surface area contributed by atoms with Crippen LogP contribution in [0.15, 0.2) is 27.8 Å². The third-order valence-corrected chi connectivity index (χ3v) is 8.37. The quantitative estimate of drug-likeness (QED) is 0.807. The number of hydrogen-bond donors (Lipinski definition) is 1. The molecule has 0 spiro atoms. The van der Waals surface area contributed by atoms with Gasteiger partial charge in [0.2, 0.25) is 0 Å². The predicted molar refractivity (Wildman–Crippen MR) is 98.8 cm³/mol. The molecule has 25 heavy (non-hydrogen) atoms. The normalized spacial score (nSPS) is 16.0. The highest BCUT2D eigenvalue weighted by molar-refractivity contribution is 7.91. The van der Waals surface area contributed by atoms with Gasteiger partial charge in [-0.1, -0.05) is 6.92 Å². The Balaban J connectivity index is 1.64. The summed E-state index contributed by atoms with van der Waals surface area (Å²) in [5.74, 6) is -0.113. The Kier molecular flexibility index (Phi) is 5.90. The van der Waals surface area contributed by atoms with Crippen LogP contribution in [0.25, 0.3) is 0 Å². The second kappa shape index (κ2) is 7.96. The predicted octanol–water partition coefficient (Wildman–Crippen LogP) is 2.32. The van der Waals surface area contributed by atoms with Gasteiger partial charge in [-0.3, -0.25) is 4.79 Å². The number of morpholine rings is 1. The highest BCUT2D eigenvalue weighted by Crippen LogP contribution is 2.26. The third-order valence-electron chi connectivity index (χ3n) is 3.96. The van der Waals surface area contributed by atoms with Crippen molar-refractivity contribution in [2.24, 2.45) is 0 Å². The summed E-state index contributed by atoms with van der Waals surface area (Å²) in [6, 6.07) is 5.32. The molecule has 1 N–H and O–H groups in total. The van der Waals surface area contributed by atoms with Gasteiger partial charge < -0.3 is 10.1 Å². The maximum atomic E-state index is 12.6. The molecular formula is C16H20N2O4S3. The topological polar surface area (TPSA) is 75.7 Å². The van der Waals surface area contributed by atoms with Crippen LogP contribution in [-0.2, 0) is 27.7 Å². The Hall–Kier alpha value is -1.26. The molecule has 3 rings (SSSR count). The van der Waals surface area contributed by atoms with Crippen LogP contribution >= 0.6 is 22.7 Å². The summed E-state index contributed by atoms with van der Waals surface area (Å²) in [4.78, 5) is 13.8. The fourth-order valence-corrected chi connectivity index (χ4v) is 6.34. The molecule has 0 aromatic carbocycles. The maximum Gasteiger partial charge on any atom is 0.261 e. The Bertz CT molecular complexity index is 835. The van der Waals surface area contributed by atoms with Crippen molar-refractivity contribution in [3.63, 3.8) is 0 Å². The van der Waals surface area contributed by atoms with Crippen molar-refractivity contribution in [1.29, 1.82) is 0 Å². The summed E-state index contributed by atoms with van der Waals surface area (Å²) in [6.07, 6.45) is 0.813. The summed E-state index contributed by atoms with van der Waals surface area (Å²) >= 11 is 2.62. The number of rotatable bonds is 6. The highest BCUT2D eigenvalue weighted by atomic mass is 32.2. The van der Waals surface area contributed by atoms with E-state index in [1.54, 1.807) is 12.1 Å². The van der Waals surface area contributed by atoms with Crippen molar-refractivity contribution >= 4 is 38.6 Å². The van der Waals surface area contributed by atoms with E-state index in [1.807, 2.05) is 18.4 Å². The van der Waals surface area contributed by atoms with E-state index in [-0.39, 0.29) is 5.91 Å². The molecule has 1 aliphatic heterocycles. The SMILES string of the molecule is CCc1ccsc1C(=O)NCc1ccc(S(=O)(=O)N2CCOCC2)s1. The van der Waals surface area contributed by atoms with Crippen molar-refractivity contribution in [2.75, 3.05) is 26.3 Å². The van der Waals surface area contributed by atoms with Crippen LogP contribution in [0, 0.1) is 0 Å². The van der Waals surface area contributed by atoms with Crippen molar-refractivity contribution in [2.45, 2.75) is 24.1 Å². The molecule has 0 aliphatic carbocycles.